The van der Waals surface area contributed by atoms with Gasteiger partial charge in [0.2, 0.25) is 0 Å². The molecular formula is C19H24N2O2S. The van der Waals surface area contributed by atoms with E-state index in [1.165, 1.54) is 11.8 Å². The number of rotatable bonds is 6. The number of hydrogen-bond donors (Lipinski definition) is 1. The Bertz CT molecular complexity index is 803. The van der Waals surface area contributed by atoms with E-state index in [1.54, 1.807) is 13.1 Å². The number of fused-ring (bicyclic) bond motifs is 1. The number of thioether (sulfide) groups is 1. The Morgan fingerprint density at radius 2 is 2.12 bits per heavy atom. The van der Waals surface area contributed by atoms with Crippen LogP contribution in [0.1, 0.15) is 32.0 Å². The van der Waals surface area contributed by atoms with Gasteiger partial charge >= 0.3 is 5.97 Å². The lowest BCUT2D eigenvalue weighted by molar-refractivity contribution is -0.145. The minimum atomic E-state index is -0.634. The summed E-state index contributed by atoms with van der Waals surface area (Å²) in [5.74, 6) is -0.198. The second kappa shape index (κ2) is 7.26. The molecule has 0 saturated carbocycles. The summed E-state index contributed by atoms with van der Waals surface area (Å²) in [5.41, 5.74) is 3.93. The number of ether oxygens (including phenoxy) is 1. The molecule has 0 radical (unpaired) electrons. The first-order valence-electron chi connectivity index (χ1n) is 7.91. The molecule has 5 heteroatoms. The molecule has 2 aromatic rings. The standard InChI is InChI=1S/C19H24N2O2S/c1-7-14(20-6)16-10-13-11-17(12(3)9-15(13)21-16)24-19(4,5)18(22)23-8-2/h7,9-11,21H,1,8H2,2-6H3. The summed E-state index contributed by atoms with van der Waals surface area (Å²) in [6, 6.07) is 6.26. The normalized spacial score (nSPS) is 12.5. The number of allylic oxidation sites excluding steroid dienone is 1. The van der Waals surface area contributed by atoms with E-state index < -0.39 is 4.75 Å². The molecule has 0 amide bonds. The first-order chi connectivity index (χ1) is 11.3. The van der Waals surface area contributed by atoms with Gasteiger partial charge in [0.1, 0.15) is 4.75 Å². The predicted molar refractivity (Wildman–Crippen MR) is 102 cm³/mol. The van der Waals surface area contributed by atoms with Gasteiger partial charge in [-0.25, -0.2) is 0 Å². The van der Waals surface area contributed by atoms with Gasteiger partial charge in [-0.05, 0) is 57.5 Å². The van der Waals surface area contributed by atoms with Crippen molar-refractivity contribution in [3.8, 4) is 0 Å². The molecule has 0 atom stereocenters. The van der Waals surface area contributed by atoms with Crippen LogP contribution in [0, 0.1) is 6.92 Å². The van der Waals surface area contributed by atoms with Crippen molar-refractivity contribution < 1.29 is 9.53 Å². The highest BCUT2D eigenvalue weighted by Gasteiger charge is 2.31. The maximum Gasteiger partial charge on any atom is 0.321 e. The Hall–Kier alpha value is -2.01. The van der Waals surface area contributed by atoms with Crippen molar-refractivity contribution in [3.05, 3.63) is 42.1 Å². The topological polar surface area (TPSA) is 54.4 Å². The zero-order valence-corrected chi connectivity index (χ0v) is 15.7. The third-order valence-electron chi connectivity index (χ3n) is 3.76. The van der Waals surface area contributed by atoms with Gasteiger partial charge in [0.25, 0.3) is 0 Å². The number of aryl methyl sites for hydroxylation is 1. The third-order valence-corrected chi connectivity index (χ3v) is 5.10. The Balaban J connectivity index is 2.40. The van der Waals surface area contributed by atoms with E-state index in [-0.39, 0.29) is 5.97 Å². The van der Waals surface area contributed by atoms with Crippen molar-refractivity contribution >= 4 is 34.3 Å². The van der Waals surface area contributed by atoms with Crippen LogP contribution < -0.4 is 0 Å². The molecule has 0 saturated heterocycles. The summed E-state index contributed by atoms with van der Waals surface area (Å²) in [4.78, 5) is 20.8. The van der Waals surface area contributed by atoms with E-state index >= 15 is 0 Å². The summed E-state index contributed by atoms with van der Waals surface area (Å²) >= 11 is 1.53. The zero-order valence-electron chi connectivity index (χ0n) is 14.9. The van der Waals surface area contributed by atoms with Crippen LogP contribution in [0.25, 0.3) is 10.9 Å². The maximum absolute atomic E-state index is 12.1. The summed E-state index contributed by atoms with van der Waals surface area (Å²) in [7, 11) is 1.75. The number of aromatic nitrogens is 1. The average Bonchev–Trinajstić information content (AvgIpc) is 2.91. The molecule has 128 valence electrons. The van der Waals surface area contributed by atoms with Crippen LogP contribution in [0.2, 0.25) is 0 Å². The number of nitrogens with zero attached hydrogens (tertiary/aromatic N) is 1. The number of H-pyrrole nitrogens is 1. The minimum absolute atomic E-state index is 0.198. The van der Waals surface area contributed by atoms with Gasteiger partial charge in [0.15, 0.2) is 0 Å². The number of carbonyl (C=O) groups is 1. The fourth-order valence-corrected chi connectivity index (χ4v) is 3.56. The molecule has 24 heavy (non-hydrogen) atoms. The Kier molecular flexibility index (Phi) is 5.54. The van der Waals surface area contributed by atoms with Gasteiger partial charge in [-0.2, -0.15) is 0 Å². The van der Waals surface area contributed by atoms with Crippen molar-refractivity contribution in [2.24, 2.45) is 4.99 Å². The van der Waals surface area contributed by atoms with Crippen molar-refractivity contribution in [1.82, 2.24) is 4.98 Å². The second-order valence-corrected chi connectivity index (χ2v) is 7.70. The van der Waals surface area contributed by atoms with Crippen molar-refractivity contribution in [1.29, 1.82) is 0 Å². The summed E-state index contributed by atoms with van der Waals surface area (Å²) in [5, 5.41) is 1.08. The smallest absolute Gasteiger partial charge is 0.321 e. The van der Waals surface area contributed by atoms with E-state index in [0.29, 0.717) is 6.61 Å². The number of aromatic amines is 1. The average molecular weight is 344 g/mol. The Morgan fingerprint density at radius 3 is 2.71 bits per heavy atom. The first-order valence-corrected chi connectivity index (χ1v) is 8.73. The molecule has 0 fully saturated rings. The molecule has 0 aliphatic heterocycles. The van der Waals surface area contributed by atoms with Crippen molar-refractivity contribution in [2.45, 2.75) is 37.3 Å². The fraction of sp³-hybridized carbons (Fsp3) is 0.368. The highest BCUT2D eigenvalue weighted by molar-refractivity contribution is 8.01. The lowest BCUT2D eigenvalue weighted by Crippen LogP contribution is -2.30. The molecule has 0 aliphatic carbocycles. The molecule has 1 aromatic carbocycles. The van der Waals surface area contributed by atoms with Crippen LogP contribution in [0.15, 0.2) is 40.7 Å². The van der Waals surface area contributed by atoms with Crippen molar-refractivity contribution in [3.63, 3.8) is 0 Å². The number of carbonyl (C=O) groups excluding carboxylic acids is 1. The van der Waals surface area contributed by atoms with Gasteiger partial charge in [-0.1, -0.05) is 6.58 Å². The summed E-state index contributed by atoms with van der Waals surface area (Å²) < 4.78 is 4.54. The second-order valence-electron chi connectivity index (χ2n) is 6.03. The number of nitrogens with one attached hydrogen (secondary N) is 1. The van der Waals surface area contributed by atoms with Crippen LogP contribution >= 0.6 is 11.8 Å². The van der Waals surface area contributed by atoms with Crippen LogP contribution in [0.3, 0.4) is 0 Å². The van der Waals surface area contributed by atoms with Gasteiger partial charge in [-0.15, -0.1) is 11.8 Å². The molecule has 0 spiro atoms. The van der Waals surface area contributed by atoms with E-state index in [9.17, 15) is 4.79 Å². The molecule has 1 aromatic heterocycles. The van der Waals surface area contributed by atoms with Gasteiger partial charge < -0.3 is 9.72 Å². The Morgan fingerprint density at radius 1 is 1.42 bits per heavy atom. The molecule has 2 rings (SSSR count). The summed E-state index contributed by atoms with van der Waals surface area (Å²) in [6.07, 6.45) is 1.73. The van der Waals surface area contributed by atoms with Gasteiger partial charge in [0.05, 0.1) is 18.0 Å². The largest absolute Gasteiger partial charge is 0.465 e. The van der Waals surface area contributed by atoms with E-state index in [2.05, 4.69) is 34.8 Å². The van der Waals surface area contributed by atoms with Crippen LogP contribution in [-0.4, -0.2) is 35.1 Å². The van der Waals surface area contributed by atoms with Crippen molar-refractivity contribution in [2.75, 3.05) is 13.7 Å². The molecule has 0 unspecified atom stereocenters. The number of aliphatic imine (C=N–C) groups is 1. The molecular weight excluding hydrogens is 320 g/mol. The lowest BCUT2D eigenvalue weighted by atomic mass is 10.2. The van der Waals surface area contributed by atoms with Gasteiger partial charge in [0, 0.05) is 22.8 Å². The quantitative estimate of drug-likeness (QED) is 0.476. The third kappa shape index (κ3) is 3.73. The highest BCUT2D eigenvalue weighted by Crippen LogP contribution is 2.37. The van der Waals surface area contributed by atoms with Crippen LogP contribution in [0.5, 0.6) is 0 Å². The van der Waals surface area contributed by atoms with E-state index in [4.69, 9.17) is 4.74 Å². The number of benzene rings is 1. The molecule has 4 nitrogen and oxygen atoms in total. The fourth-order valence-electron chi connectivity index (χ4n) is 2.46. The molecule has 0 bridgehead atoms. The number of hydrogen-bond acceptors (Lipinski definition) is 4. The predicted octanol–water partition coefficient (Wildman–Crippen LogP) is 4.52. The SMILES string of the molecule is C=CC(=NC)c1cc2cc(SC(C)(C)C(=O)OCC)c(C)cc2[nH]1. The molecule has 1 N–H and O–H groups in total. The number of esters is 1. The van der Waals surface area contributed by atoms with E-state index in [0.717, 1.165) is 32.8 Å². The summed E-state index contributed by atoms with van der Waals surface area (Å²) in [6.45, 7) is 11.8. The monoisotopic (exact) mass is 344 g/mol. The first kappa shape index (κ1) is 18.3. The highest BCUT2D eigenvalue weighted by atomic mass is 32.2. The maximum atomic E-state index is 12.1. The van der Waals surface area contributed by atoms with Crippen LogP contribution in [0.4, 0.5) is 0 Å². The van der Waals surface area contributed by atoms with Crippen LogP contribution in [-0.2, 0) is 9.53 Å². The minimum Gasteiger partial charge on any atom is -0.465 e. The zero-order chi connectivity index (χ0) is 17.9. The van der Waals surface area contributed by atoms with E-state index in [1.807, 2.05) is 27.7 Å². The molecule has 0 aliphatic rings. The van der Waals surface area contributed by atoms with Gasteiger partial charge in [-0.3, -0.25) is 9.79 Å². The lowest BCUT2D eigenvalue weighted by Gasteiger charge is -2.22. The molecule has 1 heterocycles. The Labute approximate surface area is 147 Å².